The molecule has 0 aromatic carbocycles. The molecule has 2 rings (SSSR count). The molecule has 0 atom stereocenters. The van der Waals surface area contributed by atoms with Crippen LogP contribution in [-0.2, 0) is 0 Å². The van der Waals surface area contributed by atoms with Gasteiger partial charge in [0.2, 0.25) is 0 Å². The van der Waals surface area contributed by atoms with E-state index in [9.17, 15) is 4.79 Å². The Morgan fingerprint density at radius 3 is 2.55 bits per heavy atom. The number of carbonyl (C=O) groups is 1. The highest BCUT2D eigenvalue weighted by Crippen LogP contribution is 2.28. The fourth-order valence-corrected chi connectivity index (χ4v) is 2.90. The van der Waals surface area contributed by atoms with Crippen LogP contribution in [-0.4, -0.2) is 23.4 Å². The van der Waals surface area contributed by atoms with Crippen LogP contribution in [0.1, 0.15) is 63.4 Å². The first-order chi connectivity index (χ1) is 9.58. The first kappa shape index (κ1) is 15.0. The lowest BCUT2D eigenvalue weighted by molar-refractivity contribution is 0.101. The fraction of sp³-hybridized carbons (Fsp3) is 0.647. The molecule has 0 aliphatic heterocycles. The highest BCUT2D eigenvalue weighted by molar-refractivity contribution is 5.92. The predicted molar refractivity (Wildman–Crippen MR) is 83.3 cm³/mol. The lowest BCUT2D eigenvalue weighted by Gasteiger charge is -2.31. The number of hydrogen-bond acceptors (Lipinski definition) is 3. The van der Waals surface area contributed by atoms with Gasteiger partial charge in [0.1, 0.15) is 5.69 Å². The van der Waals surface area contributed by atoms with Gasteiger partial charge < -0.3 is 4.90 Å². The molecule has 0 bridgehead atoms. The van der Waals surface area contributed by atoms with Crippen molar-refractivity contribution in [2.75, 3.05) is 11.4 Å². The Labute approximate surface area is 122 Å². The topological polar surface area (TPSA) is 33.2 Å². The fourth-order valence-electron chi connectivity index (χ4n) is 2.90. The van der Waals surface area contributed by atoms with Crippen molar-refractivity contribution < 1.29 is 4.79 Å². The molecular weight excluding hydrogens is 248 g/mol. The largest absolute Gasteiger partial charge is 0.367 e. The van der Waals surface area contributed by atoms with Gasteiger partial charge in [0.25, 0.3) is 0 Å². The van der Waals surface area contributed by atoms with Gasteiger partial charge in [0, 0.05) is 19.5 Å². The zero-order valence-corrected chi connectivity index (χ0v) is 12.9. The van der Waals surface area contributed by atoms with Crippen molar-refractivity contribution in [3.63, 3.8) is 0 Å². The van der Waals surface area contributed by atoms with Gasteiger partial charge in [-0.25, -0.2) is 0 Å². The lowest BCUT2D eigenvalue weighted by Crippen LogP contribution is -2.34. The highest BCUT2D eigenvalue weighted by Gasteiger charge is 2.23. The molecule has 20 heavy (non-hydrogen) atoms. The number of aromatic nitrogens is 1. The van der Waals surface area contributed by atoms with Crippen LogP contribution in [0.15, 0.2) is 18.3 Å². The van der Waals surface area contributed by atoms with E-state index in [1.807, 2.05) is 12.3 Å². The molecule has 1 aliphatic rings. The van der Waals surface area contributed by atoms with Crippen molar-refractivity contribution in [2.24, 2.45) is 5.92 Å². The number of ketones is 1. The zero-order valence-electron chi connectivity index (χ0n) is 12.9. The van der Waals surface area contributed by atoms with Crippen molar-refractivity contribution in [2.45, 2.75) is 58.9 Å². The van der Waals surface area contributed by atoms with E-state index in [0.717, 1.165) is 6.54 Å². The third-order valence-corrected chi connectivity index (χ3v) is 4.15. The Balaban J connectivity index is 2.13. The molecule has 3 nitrogen and oxygen atoms in total. The van der Waals surface area contributed by atoms with E-state index in [2.05, 4.69) is 29.8 Å². The Hall–Kier alpha value is -1.38. The molecular formula is C17H26N2O. The van der Waals surface area contributed by atoms with Gasteiger partial charge >= 0.3 is 0 Å². The summed E-state index contributed by atoms with van der Waals surface area (Å²) in [7, 11) is 0. The van der Waals surface area contributed by atoms with Crippen LogP contribution < -0.4 is 4.90 Å². The number of carbonyl (C=O) groups excluding carboxylic acids is 1. The lowest BCUT2D eigenvalue weighted by atomic mass is 10.1. The van der Waals surface area contributed by atoms with Gasteiger partial charge in [-0.2, -0.15) is 0 Å². The van der Waals surface area contributed by atoms with E-state index in [1.165, 1.54) is 37.8 Å². The summed E-state index contributed by atoms with van der Waals surface area (Å²) in [5.74, 6) is 0.745. The summed E-state index contributed by atoms with van der Waals surface area (Å²) in [6.07, 6.45) is 8.31. The minimum absolute atomic E-state index is 0.0335. The Kier molecular flexibility index (Phi) is 5.16. The van der Waals surface area contributed by atoms with E-state index in [0.29, 0.717) is 17.7 Å². The molecule has 1 aromatic heterocycles. The van der Waals surface area contributed by atoms with Gasteiger partial charge in [-0.3, -0.25) is 9.78 Å². The number of nitrogens with zero attached hydrogens (tertiary/aromatic N) is 2. The molecule has 0 amide bonds. The number of rotatable bonds is 6. The van der Waals surface area contributed by atoms with Gasteiger partial charge in [0.05, 0.1) is 11.9 Å². The van der Waals surface area contributed by atoms with E-state index < -0.39 is 0 Å². The summed E-state index contributed by atoms with van der Waals surface area (Å²) >= 11 is 0. The zero-order chi connectivity index (χ0) is 14.5. The van der Waals surface area contributed by atoms with Crippen molar-refractivity contribution in [1.82, 2.24) is 4.98 Å². The third-order valence-electron chi connectivity index (χ3n) is 4.15. The summed E-state index contributed by atoms with van der Waals surface area (Å²) < 4.78 is 0. The molecule has 1 heterocycles. The molecule has 0 saturated heterocycles. The maximum Gasteiger partial charge on any atom is 0.178 e. The van der Waals surface area contributed by atoms with E-state index in [4.69, 9.17) is 0 Å². The van der Waals surface area contributed by atoms with Crippen molar-refractivity contribution in [3.05, 3.63) is 24.0 Å². The molecule has 0 spiro atoms. The molecule has 0 unspecified atom stereocenters. The number of anilines is 1. The second-order valence-corrected chi connectivity index (χ2v) is 6.27. The van der Waals surface area contributed by atoms with Gasteiger partial charge in [-0.15, -0.1) is 0 Å². The van der Waals surface area contributed by atoms with Crippen LogP contribution in [0, 0.1) is 5.92 Å². The van der Waals surface area contributed by atoms with Crippen molar-refractivity contribution in [1.29, 1.82) is 0 Å². The van der Waals surface area contributed by atoms with E-state index in [1.54, 1.807) is 6.92 Å². The van der Waals surface area contributed by atoms with Gasteiger partial charge in [-0.05, 0) is 37.3 Å². The minimum atomic E-state index is 0.0335. The molecule has 1 fully saturated rings. The second-order valence-electron chi connectivity index (χ2n) is 6.27. The minimum Gasteiger partial charge on any atom is -0.367 e. The molecule has 1 aromatic rings. The monoisotopic (exact) mass is 274 g/mol. The Morgan fingerprint density at radius 1 is 1.35 bits per heavy atom. The Morgan fingerprint density at radius 2 is 2.05 bits per heavy atom. The summed E-state index contributed by atoms with van der Waals surface area (Å²) in [6, 6.07) is 4.57. The van der Waals surface area contributed by atoms with E-state index >= 15 is 0 Å². The molecule has 110 valence electrons. The van der Waals surface area contributed by atoms with Crippen LogP contribution in [0.3, 0.4) is 0 Å². The average Bonchev–Trinajstić information content (AvgIpc) is 2.93. The van der Waals surface area contributed by atoms with Crippen LogP contribution in [0.25, 0.3) is 0 Å². The average molecular weight is 274 g/mol. The summed E-state index contributed by atoms with van der Waals surface area (Å²) in [5.41, 5.74) is 1.73. The summed E-state index contributed by atoms with van der Waals surface area (Å²) in [5, 5.41) is 0. The quantitative estimate of drug-likeness (QED) is 0.733. The molecule has 0 N–H and O–H groups in total. The normalized spacial score (nSPS) is 15.8. The number of pyridine rings is 1. The van der Waals surface area contributed by atoms with Crippen molar-refractivity contribution >= 4 is 11.5 Å². The number of hydrogen-bond donors (Lipinski definition) is 0. The van der Waals surface area contributed by atoms with Gasteiger partial charge in [0.15, 0.2) is 5.78 Å². The van der Waals surface area contributed by atoms with Crippen LogP contribution >= 0.6 is 0 Å². The molecule has 1 aliphatic carbocycles. The van der Waals surface area contributed by atoms with E-state index in [-0.39, 0.29) is 5.78 Å². The molecule has 0 radical (unpaired) electrons. The second kappa shape index (κ2) is 6.87. The SMILES string of the molecule is CC(=O)c1ccc(N(CCC(C)C)C2CCCC2)cn1. The van der Waals surface area contributed by atoms with Crippen molar-refractivity contribution in [3.8, 4) is 0 Å². The Bertz CT molecular complexity index is 433. The molecule has 3 heteroatoms. The standard InChI is InChI=1S/C17H26N2O/c1-13(2)10-11-19(15-6-4-5-7-15)16-8-9-17(14(3)20)18-12-16/h8-9,12-13,15H,4-7,10-11H2,1-3H3. The third kappa shape index (κ3) is 3.81. The molecule has 1 saturated carbocycles. The van der Waals surface area contributed by atoms with Gasteiger partial charge in [-0.1, -0.05) is 26.7 Å². The first-order valence-corrected chi connectivity index (χ1v) is 7.81. The maximum absolute atomic E-state index is 11.3. The van der Waals surface area contributed by atoms with Crippen LogP contribution in [0.5, 0.6) is 0 Å². The maximum atomic E-state index is 11.3. The summed E-state index contributed by atoms with van der Waals surface area (Å²) in [4.78, 5) is 18.1. The highest BCUT2D eigenvalue weighted by atomic mass is 16.1. The predicted octanol–water partition coefficient (Wildman–Crippen LogP) is 4.08. The van der Waals surface area contributed by atoms with Crippen LogP contribution in [0.4, 0.5) is 5.69 Å². The summed E-state index contributed by atoms with van der Waals surface area (Å²) in [6.45, 7) is 7.19. The smallest absolute Gasteiger partial charge is 0.178 e. The first-order valence-electron chi connectivity index (χ1n) is 7.81. The number of Topliss-reactive ketones (excluding diaryl/α,β-unsaturated/α-hetero) is 1. The van der Waals surface area contributed by atoms with Crippen LogP contribution in [0.2, 0.25) is 0 Å².